The van der Waals surface area contributed by atoms with Gasteiger partial charge in [-0.05, 0) is 60.9 Å². The second-order valence-electron chi connectivity index (χ2n) is 11.3. The van der Waals surface area contributed by atoms with Crippen LogP contribution in [0.25, 0.3) is 16.9 Å². The predicted molar refractivity (Wildman–Crippen MR) is 176 cm³/mol. The molecule has 7 rings (SSSR count). The Balaban J connectivity index is 1.39. The fourth-order valence-corrected chi connectivity index (χ4v) is 7.07. The van der Waals surface area contributed by atoms with Crippen molar-refractivity contribution < 1.29 is 23.5 Å². The minimum absolute atomic E-state index is 0.139. The van der Waals surface area contributed by atoms with Crippen LogP contribution >= 0.6 is 11.8 Å². The zero-order valence-electron chi connectivity index (χ0n) is 25.3. The van der Waals surface area contributed by atoms with Gasteiger partial charge < -0.3 is 14.8 Å². The lowest BCUT2D eigenvalue weighted by Gasteiger charge is -2.24. The molecule has 0 saturated heterocycles. The van der Waals surface area contributed by atoms with Crippen molar-refractivity contribution in [1.82, 2.24) is 15.1 Å². The number of hydrogen-bond acceptors (Lipinski definition) is 6. The Morgan fingerprint density at radius 3 is 2.54 bits per heavy atom. The first-order chi connectivity index (χ1) is 22.4. The van der Waals surface area contributed by atoms with E-state index >= 15 is 0 Å². The molecule has 2 amide bonds. The molecule has 4 aromatic carbocycles. The summed E-state index contributed by atoms with van der Waals surface area (Å²) in [4.78, 5) is 29.1. The summed E-state index contributed by atoms with van der Waals surface area (Å²) < 4.78 is 26.6. The molecule has 0 bridgehead atoms. The van der Waals surface area contributed by atoms with Crippen molar-refractivity contribution in [2.75, 3.05) is 24.0 Å². The first-order valence-corrected chi connectivity index (χ1v) is 16.0. The van der Waals surface area contributed by atoms with Crippen LogP contribution in [0.15, 0.2) is 91.0 Å². The molecular weight excluding hydrogens is 603 g/mol. The quantitative estimate of drug-likeness (QED) is 0.220. The minimum atomic E-state index is -0.346. The number of amides is 2. The molecule has 0 fully saturated rings. The molecule has 5 aromatic rings. The molecule has 8 nitrogen and oxygen atoms in total. The van der Waals surface area contributed by atoms with Crippen LogP contribution in [-0.4, -0.2) is 40.7 Å². The monoisotopic (exact) mass is 634 g/mol. The number of hydrogen-bond donors (Lipinski definition) is 1. The predicted octanol–water partition coefficient (Wildman–Crippen LogP) is 6.51. The lowest BCUT2D eigenvalue weighted by Crippen LogP contribution is -2.42. The molecule has 10 heteroatoms. The van der Waals surface area contributed by atoms with Gasteiger partial charge in [-0.2, -0.15) is 5.10 Å². The average molecular weight is 635 g/mol. The molecule has 0 saturated carbocycles. The van der Waals surface area contributed by atoms with E-state index in [0.29, 0.717) is 17.3 Å². The van der Waals surface area contributed by atoms with Crippen molar-refractivity contribution in [3.8, 4) is 28.4 Å². The number of halogens is 1. The Morgan fingerprint density at radius 1 is 0.978 bits per heavy atom. The van der Waals surface area contributed by atoms with Gasteiger partial charge in [-0.15, -0.1) is 11.8 Å². The van der Waals surface area contributed by atoms with Crippen molar-refractivity contribution in [2.45, 2.75) is 25.6 Å². The van der Waals surface area contributed by atoms with Crippen LogP contribution in [-0.2, 0) is 16.1 Å². The highest BCUT2D eigenvalue weighted by molar-refractivity contribution is 8.00. The van der Waals surface area contributed by atoms with Gasteiger partial charge in [-0.3, -0.25) is 14.5 Å². The summed E-state index contributed by atoms with van der Waals surface area (Å²) in [5.41, 5.74) is 7.02. The lowest BCUT2D eigenvalue weighted by molar-refractivity contribution is -0.123. The maximum atomic E-state index is 14.1. The smallest absolute Gasteiger partial charge is 0.240 e. The lowest BCUT2D eigenvalue weighted by atomic mass is 9.99. The topological polar surface area (TPSA) is 85.7 Å². The number of aryl methyl sites for hydroxylation is 2. The van der Waals surface area contributed by atoms with E-state index in [1.165, 1.54) is 23.9 Å². The normalized spacial score (nSPS) is 15.4. The molecular formula is C36H31FN4O4S. The Morgan fingerprint density at radius 2 is 1.76 bits per heavy atom. The minimum Gasteiger partial charge on any atom is -0.454 e. The Hall–Kier alpha value is -5.09. The van der Waals surface area contributed by atoms with Crippen LogP contribution < -0.4 is 19.7 Å². The summed E-state index contributed by atoms with van der Waals surface area (Å²) in [6.45, 7) is 4.19. The van der Waals surface area contributed by atoms with E-state index in [1.807, 2.05) is 79.2 Å². The number of nitrogens with zero attached hydrogens (tertiary/aromatic N) is 3. The third-order valence-corrected chi connectivity index (χ3v) is 9.38. The molecule has 0 unspecified atom stereocenters. The van der Waals surface area contributed by atoms with Crippen molar-refractivity contribution in [1.29, 1.82) is 0 Å². The highest BCUT2D eigenvalue weighted by Crippen LogP contribution is 2.50. The number of thioether (sulfide) groups is 1. The van der Waals surface area contributed by atoms with Gasteiger partial charge in [-0.1, -0.05) is 66.2 Å². The zero-order chi connectivity index (χ0) is 31.8. The van der Waals surface area contributed by atoms with Gasteiger partial charge >= 0.3 is 0 Å². The molecule has 46 heavy (non-hydrogen) atoms. The van der Waals surface area contributed by atoms with Crippen LogP contribution in [0.4, 0.5) is 10.2 Å². The second kappa shape index (κ2) is 12.4. The molecule has 3 heterocycles. The maximum Gasteiger partial charge on any atom is 0.240 e. The molecule has 1 N–H and O–H groups in total. The summed E-state index contributed by atoms with van der Waals surface area (Å²) in [7, 11) is 0. The third kappa shape index (κ3) is 5.72. The van der Waals surface area contributed by atoms with E-state index in [1.54, 1.807) is 17.0 Å². The van der Waals surface area contributed by atoms with Crippen molar-refractivity contribution in [3.63, 3.8) is 0 Å². The van der Waals surface area contributed by atoms with E-state index in [2.05, 4.69) is 11.4 Å². The number of rotatable bonds is 7. The Bertz CT molecular complexity index is 1940. The fraction of sp³-hybridized carbons (Fsp3) is 0.194. The van der Waals surface area contributed by atoms with E-state index in [-0.39, 0.29) is 48.5 Å². The highest BCUT2D eigenvalue weighted by Gasteiger charge is 2.38. The average Bonchev–Trinajstić information content (AvgIpc) is 3.66. The second-order valence-corrected chi connectivity index (χ2v) is 12.4. The van der Waals surface area contributed by atoms with Gasteiger partial charge in [0.1, 0.15) is 18.2 Å². The van der Waals surface area contributed by atoms with Crippen LogP contribution in [0, 0.1) is 19.7 Å². The molecule has 232 valence electrons. The number of ether oxygens (including phenoxy) is 2. The van der Waals surface area contributed by atoms with Gasteiger partial charge in [0.15, 0.2) is 11.5 Å². The van der Waals surface area contributed by atoms with Gasteiger partial charge in [0.25, 0.3) is 0 Å². The first kappa shape index (κ1) is 29.6. The van der Waals surface area contributed by atoms with Crippen LogP contribution in [0.2, 0.25) is 0 Å². The summed E-state index contributed by atoms with van der Waals surface area (Å²) in [5.74, 6) is 1.10. The largest absolute Gasteiger partial charge is 0.454 e. The van der Waals surface area contributed by atoms with Gasteiger partial charge in [0.05, 0.1) is 22.4 Å². The third-order valence-electron chi connectivity index (χ3n) is 8.12. The molecule has 0 aliphatic carbocycles. The summed E-state index contributed by atoms with van der Waals surface area (Å²) >= 11 is 1.49. The van der Waals surface area contributed by atoms with Crippen LogP contribution in [0.5, 0.6) is 11.5 Å². The van der Waals surface area contributed by atoms with E-state index in [4.69, 9.17) is 14.6 Å². The number of nitrogens with one attached hydrogen (secondary N) is 1. The fourth-order valence-electron chi connectivity index (χ4n) is 5.88. The van der Waals surface area contributed by atoms with Crippen LogP contribution in [0.3, 0.4) is 0 Å². The Kier molecular flexibility index (Phi) is 7.96. The summed E-state index contributed by atoms with van der Waals surface area (Å²) in [6, 6.07) is 27.8. The number of carbonyl (C=O) groups excluding carboxylic acids is 2. The molecule has 2 aliphatic heterocycles. The van der Waals surface area contributed by atoms with Crippen LogP contribution in [0.1, 0.15) is 33.1 Å². The highest BCUT2D eigenvalue weighted by atomic mass is 32.2. The zero-order valence-corrected chi connectivity index (χ0v) is 26.1. The van der Waals surface area contributed by atoms with E-state index < -0.39 is 0 Å². The SMILES string of the molecule is Cc1ccc(-n2nc(-c3ccccc3)c3c2N(CC(=O)NCc2ccc(F)cc2)C(=O)CS[C@@H]3c2ccc3c(c2)OCO3)c(C)c1. The standard InChI is InChI=1S/C36H31FN4O4S/c1-22-8-14-28(23(2)16-22)41-36-33(34(39-41)25-6-4-3-5-7-25)35(26-11-15-29-30(17-26)45-21-44-29)46-20-32(43)40(36)19-31(42)38-18-24-9-12-27(37)13-10-24/h3-17,35H,18-21H2,1-2H3,(H,38,42)/t35-/m1/s1. The summed E-state index contributed by atoms with van der Waals surface area (Å²) in [5, 5.41) is 7.79. The van der Waals surface area contributed by atoms with E-state index in [0.717, 1.165) is 44.8 Å². The van der Waals surface area contributed by atoms with Gasteiger partial charge in [0, 0.05) is 17.7 Å². The number of aromatic nitrogens is 2. The number of anilines is 1. The first-order valence-electron chi connectivity index (χ1n) is 14.9. The van der Waals surface area contributed by atoms with Crippen molar-refractivity contribution in [2.24, 2.45) is 0 Å². The maximum absolute atomic E-state index is 14.1. The summed E-state index contributed by atoms with van der Waals surface area (Å²) in [6.07, 6.45) is 0. The van der Waals surface area contributed by atoms with E-state index in [9.17, 15) is 14.0 Å². The molecule has 1 atom stereocenters. The number of fused-ring (bicyclic) bond motifs is 2. The Labute approximate surface area is 270 Å². The van der Waals surface area contributed by atoms with Gasteiger partial charge in [0.2, 0.25) is 18.6 Å². The molecule has 1 aromatic heterocycles. The van der Waals surface area contributed by atoms with Crippen molar-refractivity contribution in [3.05, 3.63) is 125 Å². The molecule has 2 aliphatic rings. The molecule has 0 radical (unpaired) electrons. The van der Waals surface area contributed by atoms with Crippen molar-refractivity contribution >= 4 is 29.4 Å². The molecule has 0 spiro atoms. The van der Waals surface area contributed by atoms with Gasteiger partial charge in [-0.25, -0.2) is 9.07 Å². The number of carbonyl (C=O) groups is 2. The number of benzene rings is 4.